The normalized spacial score (nSPS) is 10.1. The molecule has 0 aliphatic carbocycles. The molecule has 5 heteroatoms. The molecule has 0 bridgehead atoms. The van der Waals surface area contributed by atoms with Crippen LogP contribution in [-0.4, -0.2) is 17.9 Å². The van der Waals surface area contributed by atoms with Crippen LogP contribution in [0.1, 0.15) is 12.6 Å². The van der Waals surface area contributed by atoms with Crippen LogP contribution in [0, 0.1) is 0 Å². The Labute approximate surface area is 94.7 Å². The maximum absolute atomic E-state index is 4.82. The molecule has 0 aliphatic heterocycles. The van der Waals surface area contributed by atoms with E-state index in [2.05, 4.69) is 28.5 Å². The van der Waals surface area contributed by atoms with Crippen LogP contribution in [-0.2, 0) is 11.4 Å². The van der Waals surface area contributed by atoms with Crippen molar-refractivity contribution in [2.75, 3.05) is 5.01 Å². The van der Waals surface area contributed by atoms with E-state index < -0.39 is 0 Å². The Morgan fingerprint density at radius 1 is 1.56 bits per heavy atom. The van der Waals surface area contributed by atoms with E-state index in [0.29, 0.717) is 5.82 Å². The number of hydrogen-bond acceptors (Lipinski definition) is 5. The predicted molar refractivity (Wildman–Crippen MR) is 65.4 cm³/mol. The molecule has 84 valence electrons. The maximum Gasteiger partial charge on any atom is 0.159 e. The van der Waals surface area contributed by atoms with Crippen LogP contribution >= 0.6 is 0 Å². The van der Waals surface area contributed by atoms with Gasteiger partial charge in [0.2, 0.25) is 0 Å². The fourth-order valence-electron chi connectivity index (χ4n) is 1.11. The largest absolute Gasteiger partial charge is 0.390 e. The highest BCUT2D eigenvalue weighted by molar-refractivity contribution is 5.57. The first-order valence-electron chi connectivity index (χ1n) is 4.76. The van der Waals surface area contributed by atoms with Gasteiger partial charge in [0.05, 0.1) is 5.69 Å². The van der Waals surface area contributed by atoms with E-state index in [1.165, 1.54) is 0 Å². The highest BCUT2D eigenvalue weighted by Crippen LogP contribution is 2.12. The van der Waals surface area contributed by atoms with Gasteiger partial charge in [-0.15, -0.1) is 5.16 Å². The fourth-order valence-corrected chi connectivity index (χ4v) is 1.11. The average Bonchev–Trinajstić information content (AvgIpc) is 2.33. The second kappa shape index (κ2) is 6.34. The highest BCUT2D eigenvalue weighted by Gasteiger charge is 2.03. The fraction of sp³-hybridized carbons (Fsp3) is 0.182. The summed E-state index contributed by atoms with van der Waals surface area (Å²) >= 11 is 0. The number of anilines is 1. The van der Waals surface area contributed by atoms with Crippen LogP contribution in [0.5, 0.6) is 0 Å². The smallest absolute Gasteiger partial charge is 0.159 e. The van der Waals surface area contributed by atoms with Gasteiger partial charge in [-0.3, -0.25) is 0 Å². The first kappa shape index (κ1) is 11.9. The molecule has 1 aromatic heterocycles. The number of oxime groups is 1. The molecular formula is C11H14N4O. The van der Waals surface area contributed by atoms with Crippen molar-refractivity contribution >= 4 is 18.7 Å². The van der Waals surface area contributed by atoms with Gasteiger partial charge in [0.15, 0.2) is 12.4 Å². The van der Waals surface area contributed by atoms with Crippen molar-refractivity contribution < 1.29 is 4.84 Å². The molecule has 1 rings (SSSR count). The van der Waals surface area contributed by atoms with E-state index in [1.807, 2.05) is 25.1 Å². The first-order valence-corrected chi connectivity index (χ1v) is 4.76. The number of hydrazone groups is 1. The minimum atomic E-state index is 0.290. The zero-order valence-electron chi connectivity index (χ0n) is 9.21. The lowest BCUT2D eigenvalue weighted by atomic mass is 10.3. The first-order chi connectivity index (χ1) is 7.81. The van der Waals surface area contributed by atoms with E-state index in [1.54, 1.807) is 17.4 Å². The number of hydrogen-bond donors (Lipinski definition) is 0. The Bertz CT molecular complexity index is 389. The van der Waals surface area contributed by atoms with Gasteiger partial charge in [-0.25, -0.2) is 9.99 Å². The predicted octanol–water partition coefficient (Wildman–Crippen LogP) is 2.17. The van der Waals surface area contributed by atoms with Gasteiger partial charge >= 0.3 is 0 Å². The van der Waals surface area contributed by atoms with Gasteiger partial charge in [-0.05, 0) is 19.1 Å². The summed E-state index contributed by atoms with van der Waals surface area (Å²) in [5.41, 5.74) is 0.753. The van der Waals surface area contributed by atoms with E-state index in [0.717, 1.165) is 5.69 Å². The third kappa shape index (κ3) is 3.20. The van der Waals surface area contributed by atoms with Gasteiger partial charge in [0.1, 0.15) is 0 Å². The molecule has 0 aromatic carbocycles. The molecule has 0 N–H and O–H groups in total. The summed E-state index contributed by atoms with van der Waals surface area (Å²) in [7, 11) is 0. The van der Waals surface area contributed by atoms with Crippen molar-refractivity contribution in [1.82, 2.24) is 4.98 Å². The molecular weight excluding hydrogens is 204 g/mol. The second-order valence-corrected chi connectivity index (χ2v) is 2.79. The number of pyridine rings is 1. The van der Waals surface area contributed by atoms with Gasteiger partial charge in [-0.2, -0.15) is 5.10 Å². The van der Waals surface area contributed by atoms with Crippen LogP contribution in [0.2, 0.25) is 0 Å². The Kier molecular flexibility index (Phi) is 4.72. The lowest BCUT2D eigenvalue weighted by molar-refractivity contribution is 0.130. The van der Waals surface area contributed by atoms with E-state index in [9.17, 15) is 0 Å². The molecule has 0 fully saturated rings. The third-order valence-corrected chi connectivity index (χ3v) is 1.74. The van der Waals surface area contributed by atoms with Crippen LogP contribution in [0.15, 0.2) is 41.2 Å². The zero-order valence-corrected chi connectivity index (χ0v) is 9.21. The van der Waals surface area contributed by atoms with Gasteiger partial charge in [0, 0.05) is 19.1 Å². The minimum Gasteiger partial charge on any atom is -0.390 e. The number of aromatic nitrogens is 1. The molecule has 5 nitrogen and oxygen atoms in total. The van der Waals surface area contributed by atoms with Crippen molar-refractivity contribution in [2.45, 2.75) is 13.5 Å². The molecule has 0 unspecified atom stereocenters. The van der Waals surface area contributed by atoms with Crippen LogP contribution in [0.25, 0.3) is 0 Å². The van der Waals surface area contributed by atoms with Gasteiger partial charge in [0.25, 0.3) is 0 Å². The van der Waals surface area contributed by atoms with Crippen molar-refractivity contribution in [2.24, 2.45) is 10.3 Å². The van der Waals surface area contributed by atoms with Crippen molar-refractivity contribution in [3.63, 3.8) is 0 Å². The molecule has 0 radical (unpaired) electrons. The van der Waals surface area contributed by atoms with E-state index in [-0.39, 0.29) is 6.61 Å². The van der Waals surface area contributed by atoms with Crippen molar-refractivity contribution in [3.05, 3.63) is 36.7 Å². The maximum atomic E-state index is 4.82. The summed E-state index contributed by atoms with van der Waals surface area (Å²) in [6.07, 6.45) is 3.25. The zero-order chi connectivity index (χ0) is 11.8. The van der Waals surface area contributed by atoms with Crippen molar-refractivity contribution in [1.29, 1.82) is 0 Å². The summed E-state index contributed by atoms with van der Waals surface area (Å²) in [4.78, 5) is 9.14. The molecule has 0 aliphatic rings. The lowest BCUT2D eigenvalue weighted by Gasteiger charge is -2.12. The summed E-state index contributed by atoms with van der Waals surface area (Å²) in [6, 6.07) is 5.54. The Morgan fingerprint density at radius 2 is 2.38 bits per heavy atom. The molecule has 1 aromatic rings. The topological polar surface area (TPSA) is 50.1 Å². The lowest BCUT2D eigenvalue weighted by Crippen LogP contribution is -2.09. The van der Waals surface area contributed by atoms with E-state index in [4.69, 9.17) is 4.84 Å². The SMILES string of the molecule is C=CN(/N=C\C)c1cccc(CON=C)n1. The minimum absolute atomic E-state index is 0.290. The standard InChI is InChI=1S/C11H14N4O/c1-4-13-15(5-2)11-8-6-7-10(14-11)9-16-12-3/h4-8H,2-3,9H2,1H3/b13-4-. The molecule has 0 saturated carbocycles. The van der Waals surface area contributed by atoms with Crippen LogP contribution < -0.4 is 5.01 Å². The number of nitrogens with zero attached hydrogens (tertiary/aromatic N) is 4. The highest BCUT2D eigenvalue weighted by atomic mass is 16.6. The number of rotatable bonds is 6. The van der Waals surface area contributed by atoms with Gasteiger partial charge < -0.3 is 4.84 Å². The van der Waals surface area contributed by atoms with Gasteiger partial charge in [-0.1, -0.05) is 12.6 Å². The molecule has 1 heterocycles. The second-order valence-electron chi connectivity index (χ2n) is 2.79. The quantitative estimate of drug-likeness (QED) is 0.543. The molecule has 0 spiro atoms. The Morgan fingerprint density at radius 3 is 3.00 bits per heavy atom. The van der Waals surface area contributed by atoms with Crippen LogP contribution in [0.3, 0.4) is 0 Å². The molecule has 0 saturated heterocycles. The third-order valence-electron chi connectivity index (χ3n) is 1.74. The van der Waals surface area contributed by atoms with Crippen LogP contribution in [0.4, 0.5) is 5.82 Å². The summed E-state index contributed by atoms with van der Waals surface area (Å²) in [5, 5.41) is 8.97. The Balaban J connectivity index is 2.87. The summed E-state index contributed by atoms with van der Waals surface area (Å²) < 4.78 is 0. The van der Waals surface area contributed by atoms with E-state index >= 15 is 0 Å². The Hall–Kier alpha value is -2.17. The molecule has 0 atom stereocenters. The summed E-state index contributed by atoms with van der Waals surface area (Å²) in [6.45, 7) is 9.00. The molecule has 0 amide bonds. The monoisotopic (exact) mass is 218 g/mol. The summed E-state index contributed by atoms with van der Waals surface area (Å²) in [5.74, 6) is 0.679. The average molecular weight is 218 g/mol. The molecule has 16 heavy (non-hydrogen) atoms. The van der Waals surface area contributed by atoms with Crippen molar-refractivity contribution in [3.8, 4) is 0 Å².